The van der Waals surface area contributed by atoms with E-state index in [9.17, 15) is 13.2 Å². The maximum Gasteiger partial charge on any atom is 0.199 e. The first-order chi connectivity index (χ1) is 10.4. The molecule has 0 radical (unpaired) electrons. The summed E-state index contributed by atoms with van der Waals surface area (Å²) >= 11 is 5.89. The molecule has 5 nitrogen and oxygen atoms in total. The van der Waals surface area contributed by atoms with Gasteiger partial charge in [-0.15, -0.1) is 0 Å². The van der Waals surface area contributed by atoms with Gasteiger partial charge in [-0.25, -0.2) is 8.42 Å². The number of hydrogen-bond donors (Lipinski definition) is 0. The highest BCUT2D eigenvalue weighted by Crippen LogP contribution is 2.42. The number of hydrogen-bond acceptors (Lipinski definition) is 5. The van der Waals surface area contributed by atoms with Gasteiger partial charge in [0.25, 0.3) is 0 Å². The average Bonchev–Trinajstić information content (AvgIpc) is 3.23. The molecule has 1 fully saturated rings. The highest BCUT2D eigenvalue weighted by atomic mass is 35.5. The van der Waals surface area contributed by atoms with Gasteiger partial charge in [-0.05, 0) is 31.0 Å². The highest BCUT2D eigenvalue weighted by molar-refractivity contribution is 7.91. The van der Waals surface area contributed by atoms with Crippen molar-refractivity contribution in [2.75, 3.05) is 5.75 Å². The van der Waals surface area contributed by atoms with Crippen molar-refractivity contribution in [2.24, 2.45) is 0 Å². The molecular formula is C15H14ClNO4S. The van der Waals surface area contributed by atoms with Gasteiger partial charge < -0.3 is 4.52 Å². The number of benzene rings is 1. The number of sulfone groups is 1. The molecule has 0 saturated heterocycles. The van der Waals surface area contributed by atoms with Crippen LogP contribution in [0.2, 0.25) is 5.02 Å². The maximum absolute atomic E-state index is 12.7. The lowest BCUT2D eigenvalue weighted by atomic mass is 10.0. The summed E-state index contributed by atoms with van der Waals surface area (Å²) in [7, 11) is -3.56. The lowest BCUT2D eigenvalue weighted by Crippen LogP contribution is -2.12. The molecule has 116 valence electrons. The Labute approximate surface area is 133 Å². The van der Waals surface area contributed by atoms with E-state index in [1.807, 2.05) is 0 Å². The van der Waals surface area contributed by atoms with E-state index in [1.165, 1.54) is 31.3 Å². The van der Waals surface area contributed by atoms with Crippen molar-refractivity contribution in [3.05, 3.63) is 46.3 Å². The Bertz CT molecular complexity index is 837. The molecule has 0 amide bonds. The number of carbonyl (C=O) groups excluding carboxylic acids is 1. The van der Waals surface area contributed by atoms with E-state index in [4.69, 9.17) is 16.1 Å². The topological polar surface area (TPSA) is 77.2 Å². The SMILES string of the molecule is CCS(=O)(=O)c1cc(Cl)ccc1C(=O)c1cnoc1C1CC1. The summed E-state index contributed by atoms with van der Waals surface area (Å²) in [5, 5.41) is 3.96. The van der Waals surface area contributed by atoms with E-state index < -0.39 is 15.6 Å². The number of ketones is 1. The van der Waals surface area contributed by atoms with Gasteiger partial charge in [-0.2, -0.15) is 0 Å². The van der Waals surface area contributed by atoms with Crippen LogP contribution in [0.5, 0.6) is 0 Å². The van der Waals surface area contributed by atoms with E-state index in [2.05, 4.69) is 5.16 Å². The van der Waals surface area contributed by atoms with Gasteiger partial charge in [-0.3, -0.25) is 4.79 Å². The zero-order valence-electron chi connectivity index (χ0n) is 11.9. The van der Waals surface area contributed by atoms with Crippen LogP contribution in [0.15, 0.2) is 33.8 Å². The third kappa shape index (κ3) is 2.68. The Balaban J connectivity index is 2.11. The molecule has 2 aromatic rings. The van der Waals surface area contributed by atoms with Crippen LogP contribution in [0.1, 0.15) is 47.4 Å². The predicted molar refractivity (Wildman–Crippen MR) is 81.1 cm³/mol. The number of rotatable bonds is 5. The fourth-order valence-corrected chi connectivity index (χ4v) is 3.65. The lowest BCUT2D eigenvalue weighted by Gasteiger charge is -2.09. The van der Waals surface area contributed by atoms with Gasteiger partial charge in [0.1, 0.15) is 0 Å². The predicted octanol–water partition coefficient (Wildman–Crippen LogP) is 3.23. The molecule has 0 bridgehead atoms. The molecule has 1 heterocycles. The number of halogens is 1. The van der Waals surface area contributed by atoms with Crippen molar-refractivity contribution in [1.29, 1.82) is 0 Å². The van der Waals surface area contributed by atoms with Gasteiger partial charge in [0.15, 0.2) is 21.4 Å². The molecule has 0 unspecified atom stereocenters. The Hall–Kier alpha value is -1.66. The monoisotopic (exact) mass is 339 g/mol. The van der Waals surface area contributed by atoms with Crippen LogP contribution in [0.4, 0.5) is 0 Å². The summed E-state index contributed by atoms with van der Waals surface area (Å²) in [6.07, 6.45) is 3.26. The molecule has 3 rings (SSSR count). The highest BCUT2D eigenvalue weighted by Gasteiger charge is 2.34. The molecule has 1 aliphatic rings. The van der Waals surface area contributed by atoms with Crippen molar-refractivity contribution in [3.63, 3.8) is 0 Å². The van der Waals surface area contributed by atoms with Gasteiger partial charge in [0.2, 0.25) is 0 Å². The molecule has 7 heteroatoms. The van der Waals surface area contributed by atoms with Crippen LogP contribution in [-0.2, 0) is 9.84 Å². The molecule has 0 N–H and O–H groups in total. The van der Waals surface area contributed by atoms with Gasteiger partial charge >= 0.3 is 0 Å². The summed E-state index contributed by atoms with van der Waals surface area (Å²) in [4.78, 5) is 12.7. The van der Waals surface area contributed by atoms with Gasteiger partial charge in [-0.1, -0.05) is 23.7 Å². The summed E-state index contributed by atoms with van der Waals surface area (Å²) in [5.41, 5.74) is 0.439. The largest absolute Gasteiger partial charge is 0.360 e. The third-order valence-electron chi connectivity index (χ3n) is 3.69. The molecule has 1 saturated carbocycles. The van der Waals surface area contributed by atoms with Crippen LogP contribution in [0.3, 0.4) is 0 Å². The van der Waals surface area contributed by atoms with Crippen LogP contribution in [0.25, 0.3) is 0 Å². The lowest BCUT2D eigenvalue weighted by molar-refractivity contribution is 0.103. The van der Waals surface area contributed by atoms with E-state index in [1.54, 1.807) is 0 Å². The minimum atomic E-state index is -3.56. The third-order valence-corrected chi connectivity index (χ3v) is 5.70. The minimum Gasteiger partial charge on any atom is -0.360 e. The summed E-state index contributed by atoms with van der Waals surface area (Å²) in [5.74, 6) is 0.249. The quantitative estimate of drug-likeness (QED) is 0.781. The van der Waals surface area contributed by atoms with E-state index >= 15 is 0 Å². The maximum atomic E-state index is 12.7. The van der Waals surface area contributed by atoms with Crippen molar-refractivity contribution in [2.45, 2.75) is 30.6 Å². The van der Waals surface area contributed by atoms with Crippen molar-refractivity contribution < 1.29 is 17.7 Å². The van der Waals surface area contributed by atoms with Gasteiger partial charge in [0.05, 0.1) is 22.4 Å². The van der Waals surface area contributed by atoms with Crippen LogP contribution < -0.4 is 0 Å². The number of carbonyl (C=O) groups is 1. The molecule has 1 aromatic heterocycles. The van der Waals surface area contributed by atoms with Crippen LogP contribution >= 0.6 is 11.6 Å². The first kappa shape index (κ1) is 15.2. The second kappa shape index (κ2) is 5.52. The van der Waals surface area contributed by atoms with Crippen molar-refractivity contribution in [3.8, 4) is 0 Å². The van der Waals surface area contributed by atoms with Crippen molar-refractivity contribution >= 4 is 27.2 Å². The van der Waals surface area contributed by atoms with Crippen molar-refractivity contribution in [1.82, 2.24) is 5.16 Å². The Kier molecular flexibility index (Phi) is 3.82. The summed E-state index contributed by atoms with van der Waals surface area (Å²) in [6, 6.07) is 4.27. The zero-order valence-corrected chi connectivity index (χ0v) is 13.4. The standard InChI is InChI=1S/C15H14ClNO4S/c1-2-22(19,20)13-7-10(16)5-6-11(13)14(18)12-8-17-21-15(12)9-3-4-9/h5-9H,2-4H2,1H3. The molecule has 1 aromatic carbocycles. The average molecular weight is 340 g/mol. The second-order valence-corrected chi connectivity index (χ2v) is 7.93. The fourth-order valence-electron chi connectivity index (χ4n) is 2.30. The van der Waals surface area contributed by atoms with Crippen LogP contribution in [-0.4, -0.2) is 25.1 Å². The Morgan fingerprint density at radius 1 is 1.36 bits per heavy atom. The fraction of sp³-hybridized carbons (Fsp3) is 0.333. The number of aromatic nitrogens is 1. The molecule has 0 atom stereocenters. The first-order valence-electron chi connectivity index (χ1n) is 6.95. The van der Waals surface area contributed by atoms with Crippen LogP contribution in [0, 0.1) is 0 Å². The second-order valence-electron chi connectivity index (χ2n) is 5.25. The van der Waals surface area contributed by atoms with E-state index in [0.717, 1.165) is 12.8 Å². The normalized spacial score (nSPS) is 15.0. The number of nitrogens with zero attached hydrogens (tertiary/aromatic N) is 1. The van der Waals surface area contributed by atoms with Gasteiger partial charge in [0, 0.05) is 16.5 Å². The summed E-state index contributed by atoms with van der Waals surface area (Å²) in [6.45, 7) is 1.53. The smallest absolute Gasteiger partial charge is 0.199 e. The minimum absolute atomic E-state index is 0.0459. The molecular weight excluding hydrogens is 326 g/mol. The van der Waals surface area contributed by atoms with E-state index in [0.29, 0.717) is 11.3 Å². The molecule has 0 spiro atoms. The molecule has 22 heavy (non-hydrogen) atoms. The Morgan fingerprint density at radius 3 is 2.73 bits per heavy atom. The molecule has 0 aliphatic heterocycles. The summed E-state index contributed by atoms with van der Waals surface area (Å²) < 4.78 is 29.6. The molecule has 1 aliphatic carbocycles. The first-order valence-corrected chi connectivity index (χ1v) is 8.98. The van der Waals surface area contributed by atoms with E-state index in [-0.39, 0.29) is 27.2 Å². The Morgan fingerprint density at radius 2 is 2.09 bits per heavy atom. The zero-order chi connectivity index (χ0) is 15.9.